The molecule has 184 valence electrons. The van der Waals surface area contributed by atoms with E-state index in [1.165, 1.54) is 0 Å². The molecular formula is C27H32N4O4. The molecule has 2 N–H and O–H groups in total. The van der Waals surface area contributed by atoms with E-state index >= 15 is 0 Å². The molecule has 1 aromatic heterocycles. The zero-order valence-corrected chi connectivity index (χ0v) is 20.9. The molecule has 8 heteroatoms. The van der Waals surface area contributed by atoms with Crippen LogP contribution in [0, 0.1) is 6.92 Å². The number of benzene rings is 2. The highest BCUT2D eigenvalue weighted by Crippen LogP contribution is 2.30. The van der Waals surface area contributed by atoms with E-state index in [0.29, 0.717) is 54.7 Å². The second-order valence-corrected chi connectivity index (χ2v) is 9.72. The topological polar surface area (TPSA) is 96.5 Å². The number of carbonyl (C=O) groups excluding carboxylic acids is 2. The first kappa shape index (κ1) is 24.5. The van der Waals surface area contributed by atoms with Gasteiger partial charge < -0.3 is 19.7 Å². The number of H-pyrrole nitrogens is 1. The second kappa shape index (κ2) is 9.92. The minimum atomic E-state index is -0.257. The first-order valence-electron chi connectivity index (χ1n) is 11.7. The van der Waals surface area contributed by atoms with Crippen LogP contribution in [0.4, 0.5) is 5.69 Å². The van der Waals surface area contributed by atoms with Gasteiger partial charge in [0.25, 0.3) is 11.8 Å². The Morgan fingerprint density at radius 1 is 1.09 bits per heavy atom. The van der Waals surface area contributed by atoms with Crippen molar-refractivity contribution in [2.24, 2.45) is 0 Å². The lowest BCUT2D eigenvalue weighted by molar-refractivity contribution is 0.0299. The third-order valence-electron chi connectivity index (χ3n) is 6.19. The third kappa shape index (κ3) is 5.38. The first-order valence-corrected chi connectivity index (χ1v) is 11.7. The highest BCUT2D eigenvalue weighted by atomic mass is 16.5. The average molecular weight is 477 g/mol. The molecule has 0 bridgehead atoms. The van der Waals surface area contributed by atoms with Gasteiger partial charge in [-0.25, -0.2) is 0 Å². The lowest BCUT2D eigenvalue weighted by Gasteiger charge is -2.26. The van der Waals surface area contributed by atoms with Gasteiger partial charge in [0.2, 0.25) is 0 Å². The Hall–Kier alpha value is -3.65. The highest BCUT2D eigenvalue weighted by molar-refractivity contribution is 6.06. The summed E-state index contributed by atoms with van der Waals surface area (Å²) in [6, 6.07) is 13.1. The molecule has 1 aliphatic rings. The van der Waals surface area contributed by atoms with E-state index < -0.39 is 0 Å². The van der Waals surface area contributed by atoms with E-state index in [1.807, 2.05) is 43.3 Å². The van der Waals surface area contributed by atoms with Crippen LogP contribution in [0.25, 0.3) is 11.3 Å². The van der Waals surface area contributed by atoms with E-state index in [-0.39, 0.29) is 17.2 Å². The van der Waals surface area contributed by atoms with E-state index in [1.54, 1.807) is 18.1 Å². The zero-order chi connectivity index (χ0) is 25.2. The van der Waals surface area contributed by atoms with Gasteiger partial charge in [-0.2, -0.15) is 5.10 Å². The number of anilines is 1. The second-order valence-electron chi connectivity index (χ2n) is 9.72. The fourth-order valence-electron chi connectivity index (χ4n) is 4.03. The fourth-order valence-corrected chi connectivity index (χ4v) is 4.03. The minimum absolute atomic E-state index is 0.0972. The van der Waals surface area contributed by atoms with Gasteiger partial charge in [-0.3, -0.25) is 14.7 Å². The number of nitrogens with zero attached hydrogens (tertiary/aromatic N) is 2. The number of hydrogen-bond donors (Lipinski definition) is 2. The smallest absolute Gasteiger partial charge is 0.272 e. The van der Waals surface area contributed by atoms with Crippen LogP contribution in [-0.4, -0.2) is 60.3 Å². The molecule has 2 heterocycles. The van der Waals surface area contributed by atoms with Crippen molar-refractivity contribution in [2.45, 2.75) is 33.1 Å². The van der Waals surface area contributed by atoms with Crippen molar-refractivity contribution < 1.29 is 19.1 Å². The quantitative estimate of drug-likeness (QED) is 0.568. The number of nitrogens with one attached hydrogen (secondary N) is 2. The standard InChI is InChI=1S/C27H32N4O4/c1-17-6-8-19(28-25(32)21-14-18(27(2,3)4)7-9-24(21)34-5)15-20(17)22-16-23(30-29-22)26(33)31-10-12-35-13-11-31/h6-9,14-16H,10-13H2,1-5H3,(H,28,32)(H,29,30). The van der Waals surface area contributed by atoms with Crippen molar-refractivity contribution >= 4 is 17.5 Å². The Balaban J connectivity index is 1.57. The van der Waals surface area contributed by atoms with Crippen molar-refractivity contribution in [2.75, 3.05) is 38.7 Å². The number of amides is 2. The molecule has 0 atom stereocenters. The predicted octanol–water partition coefficient (Wildman–Crippen LogP) is 4.42. The molecule has 1 saturated heterocycles. The van der Waals surface area contributed by atoms with Gasteiger partial charge in [0.15, 0.2) is 0 Å². The molecule has 0 spiro atoms. The van der Waals surface area contributed by atoms with Crippen LogP contribution in [0.5, 0.6) is 5.75 Å². The minimum Gasteiger partial charge on any atom is -0.496 e. The summed E-state index contributed by atoms with van der Waals surface area (Å²) in [6.07, 6.45) is 0. The van der Waals surface area contributed by atoms with Gasteiger partial charge >= 0.3 is 0 Å². The van der Waals surface area contributed by atoms with Crippen LogP contribution in [0.15, 0.2) is 42.5 Å². The summed E-state index contributed by atoms with van der Waals surface area (Å²) in [7, 11) is 1.56. The van der Waals surface area contributed by atoms with Gasteiger partial charge in [-0.05, 0) is 53.8 Å². The van der Waals surface area contributed by atoms with Crippen LogP contribution in [-0.2, 0) is 10.2 Å². The Kier molecular flexibility index (Phi) is 6.93. The Labute approximate surface area is 205 Å². The average Bonchev–Trinajstić information content (AvgIpc) is 3.34. The summed E-state index contributed by atoms with van der Waals surface area (Å²) in [6.45, 7) is 10.5. The normalized spacial score (nSPS) is 14.0. The van der Waals surface area contributed by atoms with Crippen molar-refractivity contribution in [1.82, 2.24) is 15.1 Å². The molecule has 0 aliphatic carbocycles. The van der Waals surface area contributed by atoms with E-state index in [4.69, 9.17) is 9.47 Å². The van der Waals surface area contributed by atoms with Gasteiger partial charge in [-0.15, -0.1) is 0 Å². The summed E-state index contributed by atoms with van der Waals surface area (Å²) >= 11 is 0. The summed E-state index contributed by atoms with van der Waals surface area (Å²) in [5.74, 6) is 0.161. The van der Waals surface area contributed by atoms with E-state index in [2.05, 4.69) is 36.3 Å². The number of carbonyl (C=O) groups is 2. The molecule has 2 amide bonds. The Morgan fingerprint density at radius 2 is 1.83 bits per heavy atom. The van der Waals surface area contributed by atoms with Crippen molar-refractivity contribution in [1.29, 1.82) is 0 Å². The number of rotatable bonds is 5. The zero-order valence-electron chi connectivity index (χ0n) is 20.9. The van der Waals surface area contributed by atoms with Crippen molar-refractivity contribution in [3.05, 3.63) is 64.8 Å². The number of methoxy groups -OCH3 is 1. The fraction of sp³-hybridized carbons (Fsp3) is 0.370. The Morgan fingerprint density at radius 3 is 2.51 bits per heavy atom. The number of aromatic amines is 1. The van der Waals surface area contributed by atoms with Gasteiger partial charge in [0, 0.05) is 24.3 Å². The molecule has 0 radical (unpaired) electrons. The summed E-state index contributed by atoms with van der Waals surface area (Å²) in [5.41, 5.74) is 4.92. The molecular weight excluding hydrogens is 444 g/mol. The van der Waals surface area contributed by atoms with Crippen LogP contribution in [0.2, 0.25) is 0 Å². The molecule has 4 rings (SSSR count). The van der Waals surface area contributed by atoms with Crippen LogP contribution in [0.1, 0.15) is 52.7 Å². The van der Waals surface area contributed by atoms with E-state index in [0.717, 1.165) is 16.7 Å². The molecule has 35 heavy (non-hydrogen) atoms. The maximum Gasteiger partial charge on any atom is 0.272 e. The van der Waals surface area contributed by atoms with Crippen molar-refractivity contribution in [3.8, 4) is 17.0 Å². The van der Waals surface area contributed by atoms with Crippen LogP contribution >= 0.6 is 0 Å². The summed E-state index contributed by atoms with van der Waals surface area (Å²) < 4.78 is 10.8. The predicted molar refractivity (Wildman–Crippen MR) is 135 cm³/mol. The largest absolute Gasteiger partial charge is 0.496 e. The van der Waals surface area contributed by atoms with Gasteiger partial charge in [0.05, 0.1) is 31.6 Å². The van der Waals surface area contributed by atoms with Gasteiger partial charge in [-0.1, -0.05) is 32.9 Å². The molecule has 1 fully saturated rings. The lowest BCUT2D eigenvalue weighted by Crippen LogP contribution is -2.40. The van der Waals surface area contributed by atoms with Crippen LogP contribution in [0.3, 0.4) is 0 Å². The number of aryl methyl sites for hydroxylation is 1. The molecule has 3 aromatic rings. The highest BCUT2D eigenvalue weighted by Gasteiger charge is 2.22. The molecule has 8 nitrogen and oxygen atoms in total. The third-order valence-corrected chi connectivity index (χ3v) is 6.19. The monoisotopic (exact) mass is 476 g/mol. The maximum absolute atomic E-state index is 13.2. The number of hydrogen-bond acceptors (Lipinski definition) is 5. The summed E-state index contributed by atoms with van der Waals surface area (Å²) in [4.78, 5) is 27.7. The molecule has 1 aliphatic heterocycles. The SMILES string of the molecule is COc1ccc(C(C)(C)C)cc1C(=O)Nc1ccc(C)c(-c2cc(C(=O)N3CCOCC3)[nH]n2)c1. The Bertz CT molecular complexity index is 1240. The van der Waals surface area contributed by atoms with E-state index in [9.17, 15) is 9.59 Å². The molecule has 0 unspecified atom stereocenters. The number of ether oxygens (including phenoxy) is 2. The molecule has 2 aromatic carbocycles. The summed E-state index contributed by atoms with van der Waals surface area (Å²) in [5, 5.41) is 10.2. The van der Waals surface area contributed by atoms with Gasteiger partial charge in [0.1, 0.15) is 11.4 Å². The number of morpholine rings is 1. The van der Waals surface area contributed by atoms with Crippen LogP contribution < -0.4 is 10.1 Å². The first-order chi connectivity index (χ1) is 16.7. The van der Waals surface area contributed by atoms with Crippen molar-refractivity contribution in [3.63, 3.8) is 0 Å². The number of aromatic nitrogens is 2. The molecule has 0 saturated carbocycles. The maximum atomic E-state index is 13.2. The lowest BCUT2D eigenvalue weighted by atomic mass is 9.86.